The number of nitrogens with zero attached hydrogens (tertiary/aromatic N) is 3. The standard InChI is InChI=1S/C19H14F3N3O2/c20-19(21,22)14-7-5-6-13(12-14)16-17(26)24-10-3-1-8-15(24)25(18(16)27)11-4-2-9-23/h1,3,5-8,10,12H,2,4,11H2/p+1. The van der Waals surface area contributed by atoms with Gasteiger partial charge in [0, 0.05) is 12.5 Å². The molecule has 0 bridgehead atoms. The Bertz CT molecular complexity index is 1100. The Hall–Kier alpha value is -3.34. The van der Waals surface area contributed by atoms with Gasteiger partial charge in [-0.15, -0.1) is 0 Å². The van der Waals surface area contributed by atoms with Gasteiger partial charge in [0.05, 0.1) is 24.4 Å². The van der Waals surface area contributed by atoms with E-state index < -0.39 is 23.2 Å². The van der Waals surface area contributed by atoms with Gasteiger partial charge < -0.3 is 5.11 Å². The summed E-state index contributed by atoms with van der Waals surface area (Å²) in [6.07, 6.45) is -2.43. The number of nitriles is 1. The lowest BCUT2D eigenvalue weighted by Gasteiger charge is -2.11. The maximum absolute atomic E-state index is 13.0. The molecule has 0 spiro atoms. The number of aryl methyl sites for hydroxylation is 1. The normalized spacial score (nSPS) is 11.5. The molecular formula is C19H15F3N3O2+. The number of alkyl halides is 3. The molecule has 0 saturated heterocycles. The van der Waals surface area contributed by atoms with Crippen LogP contribution in [0.15, 0.2) is 53.5 Å². The van der Waals surface area contributed by atoms with E-state index in [4.69, 9.17) is 5.26 Å². The first-order chi connectivity index (χ1) is 12.8. The quantitative estimate of drug-likeness (QED) is 0.563. The minimum Gasteiger partial charge on any atom is -0.477 e. The zero-order valence-corrected chi connectivity index (χ0v) is 14.1. The van der Waals surface area contributed by atoms with E-state index in [9.17, 15) is 23.1 Å². The Kier molecular flexibility index (Phi) is 4.86. The van der Waals surface area contributed by atoms with E-state index in [1.54, 1.807) is 18.2 Å². The number of benzene rings is 1. The zero-order valence-electron chi connectivity index (χ0n) is 14.1. The van der Waals surface area contributed by atoms with Crippen molar-refractivity contribution in [3.05, 3.63) is 64.6 Å². The third kappa shape index (κ3) is 3.49. The van der Waals surface area contributed by atoms with Crippen molar-refractivity contribution in [2.45, 2.75) is 25.6 Å². The van der Waals surface area contributed by atoms with E-state index >= 15 is 0 Å². The van der Waals surface area contributed by atoms with Crippen molar-refractivity contribution in [3.63, 3.8) is 0 Å². The molecule has 0 amide bonds. The van der Waals surface area contributed by atoms with E-state index in [0.29, 0.717) is 12.1 Å². The number of aromatic hydroxyl groups is 1. The highest BCUT2D eigenvalue weighted by Crippen LogP contribution is 2.33. The zero-order chi connectivity index (χ0) is 19.6. The van der Waals surface area contributed by atoms with Crippen molar-refractivity contribution in [3.8, 4) is 23.1 Å². The molecule has 0 unspecified atom stereocenters. The van der Waals surface area contributed by atoms with E-state index in [1.165, 1.54) is 27.3 Å². The van der Waals surface area contributed by atoms with Crippen molar-refractivity contribution >= 4 is 5.65 Å². The molecule has 3 aromatic rings. The first kappa shape index (κ1) is 18.5. The van der Waals surface area contributed by atoms with Crippen molar-refractivity contribution in [1.29, 1.82) is 5.26 Å². The van der Waals surface area contributed by atoms with Crippen LogP contribution in [0.25, 0.3) is 16.8 Å². The van der Waals surface area contributed by atoms with E-state index in [1.807, 2.05) is 6.07 Å². The second-order valence-corrected chi connectivity index (χ2v) is 5.92. The van der Waals surface area contributed by atoms with Crippen LogP contribution in [-0.4, -0.2) is 9.51 Å². The predicted octanol–water partition coefficient (Wildman–Crippen LogP) is 3.28. The number of fused-ring (bicyclic) bond motifs is 1. The first-order valence-electron chi connectivity index (χ1n) is 8.15. The van der Waals surface area contributed by atoms with Crippen LogP contribution < -0.4 is 10.1 Å². The third-order valence-corrected chi connectivity index (χ3v) is 4.18. The number of pyridine rings is 1. The van der Waals surface area contributed by atoms with E-state index in [2.05, 4.69) is 0 Å². The van der Waals surface area contributed by atoms with Crippen molar-refractivity contribution in [2.24, 2.45) is 0 Å². The lowest BCUT2D eigenvalue weighted by Crippen LogP contribution is -2.41. The van der Waals surface area contributed by atoms with Gasteiger partial charge in [0.1, 0.15) is 0 Å². The van der Waals surface area contributed by atoms with Gasteiger partial charge in [0.25, 0.3) is 11.5 Å². The summed E-state index contributed by atoms with van der Waals surface area (Å²) in [7, 11) is 0. The Balaban J connectivity index is 2.28. The van der Waals surface area contributed by atoms with E-state index in [0.717, 1.165) is 12.1 Å². The van der Waals surface area contributed by atoms with Crippen LogP contribution in [0.4, 0.5) is 13.2 Å². The summed E-state index contributed by atoms with van der Waals surface area (Å²) < 4.78 is 41.8. The van der Waals surface area contributed by atoms with Crippen LogP contribution >= 0.6 is 0 Å². The molecule has 1 N–H and O–H groups in total. The lowest BCUT2D eigenvalue weighted by molar-refractivity contribution is -0.680. The minimum atomic E-state index is -4.57. The van der Waals surface area contributed by atoms with Gasteiger partial charge in [-0.3, -0.25) is 0 Å². The average molecular weight is 374 g/mol. The number of rotatable bonds is 4. The number of hydrogen-bond donors (Lipinski definition) is 1. The Morgan fingerprint density at radius 2 is 1.96 bits per heavy atom. The van der Waals surface area contributed by atoms with Crippen LogP contribution in [0.5, 0.6) is 5.88 Å². The van der Waals surface area contributed by atoms with Gasteiger partial charge in [-0.1, -0.05) is 18.2 Å². The second kappa shape index (κ2) is 7.11. The predicted molar refractivity (Wildman–Crippen MR) is 90.8 cm³/mol. The van der Waals surface area contributed by atoms with Crippen molar-refractivity contribution < 1.29 is 22.8 Å². The van der Waals surface area contributed by atoms with Crippen LogP contribution in [0, 0.1) is 11.3 Å². The monoisotopic (exact) mass is 374 g/mol. The smallest absolute Gasteiger partial charge is 0.416 e. The summed E-state index contributed by atoms with van der Waals surface area (Å²) in [6.45, 7) is 0.235. The van der Waals surface area contributed by atoms with E-state index in [-0.39, 0.29) is 24.1 Å². The fourth-order valence-corrected chi connectivity index (χ4v) is 2.93. The number of aromatic nitrogens is 2. The highest BCUT2D eigenvalue weighted by atomic mass is 19.4. The van der Waals surface area contributed by atoms with Crippen LogP contribution in [-0.2, 0) is 12.7 Å². The molecule has 5 nitrogen and oxygen atoms in total. The molecule has 0 atom stereocenters. The number of hydrogen-bond acceptors (Lipinski definition) is 3. The topological polar surface area (TPSA) is 69.4 Å². The van der Waals surface area contributed by atoms with Crippen LogP contribution in [0.1, 0.15) is 18.4 Å². The molecule has 0 fully saturated rings. The van der Waals surface area contributed by atoms with Crippen LogP contribution in [0.2, 0.25) is 0 Å². The summed E-state index contributed by atoms with van der Waals surface area (Å²) in [5.74, 6) is -0.427. The van der Waals surface area contributed by atoms with Crippen molar-refractivity contribution in [2.75, 3.05) is 0 Å². The van der Waals surface area contributed by atoms with Crippen molar-refractivity contribution in [1.82, 2.24) is 4.40 Å². The molecule has 8 heteroatoms. The van der Waals surface area contributed by atoms with Gasteiger partial charge >= 0.3 is 11.7 Å². The summed E-state index contributed by atoms with van der Waals surface area (Å²) in [4.78, 5) is 12.8. The lowest BCUT2D eigenvalue weighted by atomic mass is 10.0. The molecule has 0 radical (unpaired) electrons. The molecule has 3 rings (SSSR count). The molecule has 0 aliphatic heterocycles. The van der Waals surface area contributed by atoms with Gasteiger partial charge in [0.15, 0.2) is 5.56 Å². The third-order valence-electron chi connectivity index (χ3n) is 4.18. The maximum atomic E-state index is 13.0. The molecule has 138 valence electrons. The van der Waals surface area contributed by atoms with Crippen LogP contribution in [0.3, 0.4) is 0 Å². The van der Waals surface area contributed by atoms with Gasteiger partial charge in [-0.2, -0.15) is 27.4 Å². The molecule has 1 aromatic carbocycles. The minimum absolute atomic E-state index is 0.0281. The van der Waals surface area contributed by atoms with Gasteiger partial charge in [-0.25, -0.2) is 4.79 Å². The Morgan fingerprint density at radius 3 is 2.67 bits per heavy atom. The highest BCUT2D eigenvalue weighted by molar-refractivity contribution is 5.68. The second-order valence-electron chi connectivity index (χ2n) is 5.92. The first-order valence-corrected chi connectivity index (χ1v) is 8.15. The Labute approximate surface area is 152 Å². The largest absolute Gasteiger partial charge is 0.477 e. The molecule has 0 aliphatic carbocycles. The summed E-state index contributed by atoms with van der Waals surface area (Å²) in [5, 5.41) is 19.4. The SMILES string of the molecule is N#CCCC[n+]1c(O)c(-c2cccc(C(F)(F)F)c2)c(=O)n2ccccc21. The van der Waals surface area contributed by atoms with Gasteiger partial charge in [0.2, 0.25) is 0 Å². The molecule has 0 aliphatic rings. The Morgan fingerprint density at radius 1 is 1.19 bits per heavy atom. The fourth-order valence-electron chi connectivity index (χ4n) is 2.93. The summed E-state index contributed by atoms with van der Waals surface area (Å²) in [6, 6.07) is 11.2. The van der Waals surface area contributed by atoms with Gasteiger partial charge in [-0.05, 0) is 30.2 Å². The molecule has 0 saturated carbocycles. The molecule has 2 heterocycles. The fraction of sp³-hybridized carbons (Fsp3) is 0.211. The maximum Gasteiger partial charge on any atom is 0.416 e. The molecule has 2 aromatic heterocycles. The average Bonchev–Trinajstić information content (AvgIpc) is 2.64. The summed E-state index contributed by atoms with van der Waals surface area (Å²) >= 11 is 0. The number of halogens is 3. The summed E-state index contributed by atoms with van der Waals surface area (Å²) in [5.41, 5.74) is -1.40. The number of unbranched alkanes of at least 4 members (excludes halogenated alkanes) is 1. The highest BCUT2D eigenvalue weighted by Gasteiger charge is 2.32. The molecule has 27 heavy (non-hydrogen) atoms. The molecular weight excluding hydrogens is 359 g/mol.